The van der Waals surface area contributed by atoms with Gasteiger partial charge in [0.1, 0.15) is 18.1 Å². The number of H-pyrrole nitrogens is 1. The lowest BCUT2D eigenvalue weighted by Gasteiger charge is -2.10. The molecule has 0 fully saturated rings. The van der Waals surface area contributed by atoms with Crippen LogP contribution in [-0.4, -0.2) is 16.1 Å². The Bertz CT molecular complexity index is 1190. The van der Waals surface area contributed by atoms with E-state index in [1.54, 1.807) is 30.3 Å². The van der Waals surface area contributed by atoms with Crippen LogP contribution in [0.2, 0.25) is 0 Å². The molecule has 0 spiro atoms. The van der Waals surface area contributed by atoms with Gasteiger partial charge < -0.3 is 10.1 Å². The topological polar surface area (TPSA) is 67.0 Å². The maximum atomic E-state index is 13.4. The van der Waals surface area contributed by atoms with Crippen molar-refractivity contribution in [2.24, 2.45) is 0 Å². The molecule has 0 radical (unpaired) electrons. The van der Waals surface area contributed by atoms with E-state index in [9.17, 15) is 18.0 Å². The van der Waals surface area contributed by atoms with E-state index < -0.39 is 17.8 Å². The Morgan fingerprint density at radius 3 is 2.16 bits per heavy atom. The molecule has 0 saturated carbocycles. The summed E-state index contributed by atoms with van der Waals surface area (Å²) in [7, 11) is 0. The predicted molar refractivity (Wildman–Crippen MR) is 114 cm³/mol. The monoisotopic (exact) mass is 437 g/mol. The Kier molecular flexibility index (Phi) is 5.93. The molecule has 2 N–H and O–H groups in total. The van der Waals surface area contributed by atoms with Crippen molar-refractivity contribution >= 4 is 11.7 Å². The van der Waals surface area contributed by atoms with Crippen LogP contribution < -0.4 is 10.1 Å². The Morgan fingerprint density at radius 1 is 0.906 bits per heavy atom. The van der Waals surface area contributed by atoms with Gasteiger partial charge in [-0.2, -0.15) is 18.3 Å². The fraction of sp³-hybridized carbons (Fsp3) is 0.0833. The average Bonchev–Trinajstić information content (AvgIpc) is 3.23. The second kappa shape index (κ2) is 8.97. The average molecular weight is 437 g/mol. The normalized spacial score (nSPS) is 11.2. The highest BCUT2D eigenvalue weighted by Gasteiger charge is 2.38. The number of nitrogens with zero attached hydrogens (tertiary/aromatic N) is 1. The van der Waals surface area contributed by atoms with Crippen LogP contribution in [0.4, 0.5) is 19.0 Å². The van der Waals surface area contributed by atoms with Crippen molar-refractivity contribution < 1.29 is 22.7 Å². The van der Waals surface area contributed by atoms with E-state index in [2.05, 4.69) is 10.4 Å². The molecule has 1 amide bonds. The van der Waals surface area contributed by atoms with Crippen molar-refractivity contribution in [3.8, 4) is 16.9 Å². The largest absolute Gasteiger partial charge is 0.489 e. The molecule has 5 nitrogen and oxygen atoms in total. The van der Waals surface area contributed by atoms with Gasteiger partial charge in [0.25, 0.3) is 5.91 Å². The maximum Gasteiger partial charge on any atom is 0.433 e. The van der Waals surface area contributed by atoms with Gasteiger partial charge in [-0.1, -0.05) is 60.7 Å². The molecular weight excluding hydrogens is 419 g/mol. The Balaban J connectivity index is 1.51. The summed E-state index contributed by atoms with van der Waals surface area (Å²) in [6.07, 6.45) is -4.65. The Hall–Kier alpha value is -4.07. The molecule has 0 aliphatic carbocycles. The third-order valence-electron chi connectivity index (χ3n) is 4.71. The van der Waals surface area contributed by atoms with Crippen LogP contribution in [0.3, 0.4) is 0 Å². The molecule has 0 unspecified atom stereocenters. The molecule has 1 heterocycles. The fourth-order valence-electron chi connectivity index (χ4n) is 3.15. The van der Waals surface area contributed by atoms with Gasteiger partial charge in [-0.05, 0) is 35.4 Å². The van der Waals surface area contributed by atoms with Crippen LogP contribution in [0, 0.1) is 0 Å². The summed E-state index contributed by atoms with van der Waals surface area (Å²) in [6.45, 7) is 0.375. The molecule has 0 aliphatic heterocycles. The molecule has 0 aliphatic rings. The first-order valence-corrected chi connectivity index (χ1v) is 9.71. The number of hydrogen-bond donors (Lipinski definition) is 2. The van der Waals surface area contributed by atoms with Crippen molar-refractivity contribution in [1.29, 1.82) is 0 Å². The number of benzene rings is 3. The fourth-order valence-corrected chi connectivity index (χ4v) is 3.15. The smallest absolute Gasteiger partial charge is 0.433 e. The van der Waals surface area contributed by atoms with Gasteiger partial charge in [0, 0.05) is 5.56 Å². The lowest BCUT2D eigenvalue weighted by molar-refractivity contribution is -0.140. The van der Waals surface area contributed by atoms with Crippen LogP contribution >= 0.6 is 0 Å². The Labute approximate surface area is 181 Å². The third kappa shape index (κ3) is 4.80. The standard InChI is InChI=1S/C24H18F3N3O2/c25-24(26,27)21-20(17-9-5-2-6-10-17)22(30-29-21)28-23(31)18-11-13-19(14-12-18)32-15-16-7-3-1-4-8-16/h1-14H,15H2,(H2,28,29,30,31). The van der Waals surface area contributed by atoms with E-state index in [-0.39, 0.29) is 22.5 Å². The van der Waals surface area contributed by atoms with E-state index in [0.717, 1.165) is 5.56 Å². The van der Waals surface area contributed by atoms with Gasteiger partial charge in [-0.15, -0.1) is 0 Å². The van der Waals surface area contributed by atoms with Crippen molar-refractivity contribution in [2.75, 3.05) is 5.32 Å². The number of carbonyl (C=O) groups excluding carboxylic acids is 1. The van der Waals surface area contributed by atoms with E-state index in [0.29, 0.717) is 12.4 Å². The molecule has 0 atom stereocenters. The van der Waals surface area contributed by atoms with Gasteiger partial charge in [0.05, 0.1) is 5.56 Å². The van der Waals surface area contributed by atoms with E-state index >= 15 is 0 Å². The van der Waals surface area contributed by atoms with Crippen LogP contribution in [0.5, 0.6) is 5.75 Å². The molecular formula is C24H18F3N3O2. The first-order valence-electron chi connectivity index (χ1n) is 9.71. The van der Waals surface area contributed by atoms with Gasteiger partial charge in [0.2, 0.25) is 0 Å². The Morgan fingerprint density at radius 2 is 1.53 bits per heavy atom. The number of anilines is 1. The predicted octanol–water partition coefficient (Wildman–Crippen LogP) is 5.93. The lowest BCUT2D eigenvalue weighted by atomic mass is 10.0. The number of alkyl halides is 3. The second-order valence-corrected chi connectivity index (χ2v) is 6.94. The van der Waals surface area contributed by atoms with Crippen LogP contribution in [0.25, 0.3) is 11.1 Å². The van der Waals surface area contributed by atoms with Gasteiger partial charge in [0.15, 0.2) is 5.82 Å². The van der Waals surface area contributed by atoms with E-state index in [1.165, 1.54) is 24.3 Å². The summed E-state index contributed by atoms with van der Waals surface area (Å²) in [6, 6.07) is 23.9. The minimum Gasteiger partial charge on any atom is -0.489 e. The number of halogens is 3. The quantitative estimate of drug-likeness (QED) is 0.393. The van der Waals surface area contributed by atoms with Crippen molar-refractivity contribution in [2.45, 2.75) is 12.8 Å². The highest BCUT2D eigenvalue weighted by atomic mass is 19.4. The summed E-state index contributed by atoms with van der Waals surface area (Å²) in [5.74, 6) is -0.218. The second-order valence-electron chi connectivity index (χ2n) is 6.94. The highest BCUT2D eigenvalue weighted by Crippen LogP contribution is 2.39. The minimum absolute atomic E-state index is 0.196. The van der Waals surface area contributed by atoms with E-state index in [4.69, 9.17) is 4.74 Å². The summed E-state index contributed by atoms with van der Waals surface area (Å²) in [5.41, 5.74) is 0.306. The molecule has 3 aromatic carbocycles. The van der Waals surface area contributed by atoms with Gasteiger partial charge in [-0.3, -0.25) is 9.89 Å². The summed E-state index contributed by atoms with van der Waals surface area (Å²) in [5, 5.41) is 8.18. The van der Waals surface area contributed by atoms with Crippen LogP contribution in [0.15, 0.2) is 84.9 Å². The number of ether oxygens (including phenoxy) is 1. The van der Waals surface area contributed by atoms with Crippen molar-refractivity contribution in [3.63, 3.8) is 0 Å². The highest BCUT2D eigenvalue weighted by molar-refractivity contribution is 6.05. The number of amides is 1. The summed E-state index contributed by atoms with van der Waals surface area (Å²) in [4.78, 5) is 12.7. The molecule has 8 heteroatoms. The lowest BCUT2D eigenvalue weighted by Crippen LogP contribution is -2.13. The van der Waals surface area contributed by atoms with Gasteiger partial charge >= 0.3 is 6.18 Å². The first-order chi connectivity index (χ1) is 15.4. The van der Waals surface area contributed by atoms with Crippen molar-refractivity contribution in [1.82, 2.24) is 10.2 Å². The minimum atomic E-state index is -4.65. The molecule has 0 bridgehead atoms. The molecule has 1 aromatic heterocycles. The molecule has 0 saturated heterocycles. The number of aromatic nitrogens is 2. The SMILES string of the molecule is O=C(Nc1n[nH]c(C(F)(F)F)c1-c1ccccc1)c1ccc(OCc2ccccc2)cc1. The van der Waals surface area contributed by atoms with E-state index in [1.807, 2.05) is 35.4 Å². The zero-order valence-electron chi connectivity index (χ0n) is 16.7. The number of hydrogen-bond acceptors (Lipinski definition) is 3. The zero-order chi connectivity index (χ0) is 22.6. The summed E-state index contributed by atoms with van der Waals surface area (Å²) >= 11 is 0. The molecule has 162 valence electrons. The maximum absolute atomic E-state index is 13.4. The molecule has 32 heavy (non-hydrogen) atoms. The van der Waals surface area contributed by atoms with Gasteiger partial charge in [-0.25, -0.2) is 0 Å². The third-order valence-corrected chi connectivity index (χ3v) is 4.71. The zero-order valence-corrected chi connectivity index (χ0v) is 16.7. The number of carbonyl (C=O) groups is 1. The van der Waals surface area contributed by atoms with Crippen LogP contribution in [0.1, 0.15) is 21.6 Å². The molecule has 4 rings (SSSR count). The van der Waals surface area contributed by atoms with Crippen molar-refractivity contribution in [3.05, 3.63) is 102 Å². The number of aromatic amines is 1. The number of nitrogens with one attached hydrogen (secondary N) is 2. The summed E-state index contributed by atoms with van der Waals surface area (Å²) < 4.78 is 46.0. The molecule has 4 aromatic rings. The van der Waals surface area contributed by atoms with Crippen LogP contribution in [-0.2, 0) is 12.8 Å². The first kappa shape index (κ1) is 21.2. The number of rotatable bonds is 6.